The molecule has 0 aromatic carbocycles. The van der Waals surface area contributed by atoms with Crippen LogP contribution < -0.4 is 11.1 Å². The predicted octanol–water partition coefficient (Wildman–Crippen LogP) is 1.31. The van der Waals surface area contributed by atoms with Crippen LogP contribution in [-0.4, -0.2) is 21.6 Å². The summed E-state index contributed by atoms with van der Waals surface area (Å²) in [4.78, 5) is 0. The Morgan fingerprint density at radius 1 is 1.44 bits per heavy atom. The molecule has 1 aliphatic rings. The largest absolute Gasteiger partial charge is 0.393 e. The van der Waals surface area contributed by atoms with Crippen molar-refractivity contribution in [3.8, 4) is 6.07 Å². The maximum absolute atomic E-state index is 9.39. The molecule has 0 aliphatic heterocycles. The quantitative estimate of drug-likeness (QED) is 0.722. The molecule has 0 bridgehead atoms. The number of nitrogens with two attached hydrogens (primary N) is 1. The number of nitrogens with zero attached hydrogens (tertiary/aromatic N) is 2. The van der Waals surface area contributed by atoms with E-state index in [-0.39, 0.29) is 6.10 Å². The van der Waals surface area contributed by atoms with Crippen LogP contribution in [0.2, 0.25) is 0 Å². The zero-order valence-corrected chi connectivity index (χ0v) is 9.63. The maximum Gasteiger partial charge on any atom is 0.157 e. The molecule has 1 heterocycles. The Labute approximate surface area is 98.1 Å². The monoisotopic (exact) mass is 238 g/mol. The first-order valence-electron chi connectivity index (χ1n) is 5.30. The average molecular weight is 238 g/mol. The topological polar surface area (TPSA) is 95.0 Å². The normalized spacial score (nSPS) is 25.0. The Kier molecular flexibility index (Phi) is 3.27. The summed E-state index contributed by atoms with van der Waals surface area (Å²) in [5, 5.41) is 22.3. The summed E-state index contributed by atoms with van der Waals surface area (Å²) in [6.07, 6.45) is 3.30. The summed E-state index contributed by atoms with van der Waals surface area (Å²) in [6, 6.07) is 2.37. The van der Waals surface area contributed by atoms with E-state index in [1.165, 1.54) is 11.5 Å². The number of aliphatic hydroxyl groups is 1. The third-order valence-electron chi connectivity index (χ3n) is 2.86. The van der Waals surface area contributed by atoms with Gasteiger partial charge in [-0.15, -0.1) is 0 Å². The van der Waals surface area contributed by atoms with Gasteiger partial charge in [0.15, 0.2) is 5.82 Å². The first-order chi connectivity index (χ1) is 7.70. The van der Waals surface area contributed by atoms with E-state index in [0.29, 0.717) is 17.4 Å². The highest BCUT2D eigenvalue weighted by molar-refractivity contribution is 7.10. The minimum absolute atomic E-state index is 0.167. The molecule has 0 spiro atoms. The van der Waals surface area contributed by atoms with Crippen molar-refractivity contribution in [2.75, 3.05) is 11.1 Å². The lowest BCUT2D eigenvalue weighted by molar-refractivity contribution is 0.126. The Morgan fingerprint density at radius 2 is 2.12 bits per heavy atom. The summed E-state index contributed by atoms with van der Waals surface area (Å²) in [5.74, 6) is 0.297. The second kappa shape index (κ2) is 4.68. The fourth-order valence-corrected chi connectivity index (χ4v) is 2.66. The first kappa shape index (κ1) is 11.2. The van der Waals surface area contributed by atoms with Crippen LogP contribution in [0, 0.1) is 11.3 Å². The molecule has 1 aliphatic carbocycles. The van der Waals surface area contributed by atoms with Crippen molar-refractivity contribution in [2.24, 2.45) is 0 Å². The van der Waals surface area contributed by atoms with E-state index in [0.717, 1.165) is 30.7 Å². The highest BCUT2D eigenvalue weighted by Crippen LogP contribution is 2.29. The van der Waals surface area contributed by atoms with Crippen LogP contribution in [0.1, 0.15) is 31.2 Å². The molecule has 1 saturated carbocycles. The molecule has 5 nitrogen and oxygen atoms in total. The Hall–Kier alpha value is -1.32. The van der Waals surface area contributed by atoms with Gasteiger partial charge in [0.05, 0.1) is 6.10 Å². The number of nitrogens with one attached hydrogen (secondary N) is 1. The third-order valence-corrected chi connectivity index (χ3v) is 3.65. The van der Waals surface area contributed by atoms with Crippen LogP contribution in [-0.2, 0) is 0 Å². The molecule has 6 heteroatoms. The smallest absolute Gasteiger partial charge is 0.157 e. The number of hydrogen-bond donors (Lipinski definition) is 3. The average Bonchev–Trinajstić information content (AvgIpc) is 2.63. The number of nitriles is 1. The van der Waals surface area contributed by atoms with Gasteiger partial charge in [0, 0.05) is 6.04 Å². The summed E-state index contributed by atoms with van der Waals surface area (Å²) in [5.41, 5.74) is 6.02. The zero-order chi connectivity index (χ0) is 11.5. The van der Waals surface area contributed by atoms with Gasteiger partial charge in [0.1, 0.15) is 16.6 Å². The molecule has 0 unspecified atom stereocenters. The number of anilines is 2. The maximum atomic E-state index is 9.39. The molecule has 1 aromatic heterocycles. The van der Waals surface area contributed by atoms with E-state index in [1.807, 2.05) is 0 Å². The van der Waals surface area contributed by atoms with Crippen molar-refractivity contribution in [1.29, 1.82) is 5.26 Å². The lowest BCUT2D eigenvalue weighted by Crippen LogP contribution is -2.28. The SMILES string of the molecule is N#Cc1c(N)nsc1NC1CCC(O)CC1. The van der Waals surface area contributed by atoms with Crippen molar-refractivity contribution >= 4 is 22.4 Å². The molecule has 0 saturated heterocycles. The van der Waals surface area contributed by atoms with Gasteiger partial charge in [-0.3, -0.25) is 0 Å². The van der Waals surface area contributed by atoms with Gasteiger partial charge in [-0.05, 0) is 37.2 Å². The molecule has 0 atom stereocenters. The molecule has 1 fully saturated rings. The van der Waals surface area contributed by atoms with Gasteiger partial charge in [-0.25, -0.2) is 0 Å². The fourth-order valence-electron chi connectivity index (χ4n) is 1.91. The molecule has 4 N–H and O–H groups in total. The van der Waals surface area contributed by atoms with Gasteiger partial charge >= 0.3 is 0 Å². The number of aliphatic hydroxyl groups excluding tert-OH is 1. The van der Waals surface area contributed by atoms with E-state index in [1.54, 1.807) is 0 Å². The van der Waals surface area contributed by atoms with Crippen molar-refractivity contribution in [2.45, 2.75) is 37.8 Å². The number of hydrogen-bond acceptors (Lipinski definition) is 6. The van der Waals surface area contributed by atoms with E-state index < -0.39 is 0 Å². The van der Waals surface area contributed by atoms with Gasteiger partial charge in [-0.1, -0.05) is 0 Å². The number of nitrogen functional groups attached to an aromatic ring is 1. The molecule has 86 valence electrons. The summed E-state index contributed by atoms with van der Waals surface area (Å²) in [6.45, 7) is 0. The van der Waals surface area contributed by atoms with Crippen molar-refractivity contribution in [3.05, 3.63) is 5.56 Å². The first-order valence-corrected chi connectivity index (χ1v) is 6.08. The second-order valence-electron chi connectivity index (χ2n) is 4.03. The molecule has 0 amide bonds. The molecular formula is C10H14N4OS. The van der Waals surface area contributed by atoms with Gasteiger partial charge in [0.2, 0.25) is 0 Å². The van der Waals surface area contributed by atoms with Crippen LogP contribution in [0.15, 0.2) is 0 Å². The minimum Gasteiger partial charge on any atom is -0.393 e. The number of aromatic nitrogens is 1. The van der Waals surface area contributed by atoms with Crippen LogP contribution in [0.3, 0.4) is 0 Å². The van der Waals surface area contributed by atoms with Gasteiger partial charge in [-0.2, -0.15) is 9.64 Å². The van der Waals surface area contributed by atoms with Crippen molar-refractivity contribution in [1.82, 2.24) is 4.37 Å². The lowest BCUT2D eigenvalue weighted by Gasteiger charge is -2.26. The molecule has 0 radical (unpaired) electrons. The third kappa shape index (κ3) is 2.26. The Bertz CT molecular complexity index is 403. The summed E-state index contributed by atoms with van der Waals surface area (Å²) >= 11 is 1.22. The van der Waals surface area contributed by atoms with Gasteiger partial charge < -0.3 is 16.2 Å². The Balaban J connectivity index is 2.02. The minimum atomic E-state index is -0.167. The predicted molar refractivity (Wildman–Crippen MR) is 63.1 cm³/mol. The lowest BCUT2D eigenvalue weighted by atomic mass is 9.93. The molecular weight excluding hydrogens is 224 g/mol. The van der Waals surface area contributed by atoms with Crippen LogP contribution in [0.5, 0.6) is 0 Å². The highest BCUT2D eigenvalue weighted by atomic mass is 32.1. The van der Waals surface area contributed by atoms with Crippen molar-refractivity contribution in [3.63, 3.8) is 0 Å². The van der Waals surface area contributed by atoms with Crippen molar-refractivity contribution < 1.29 is 5.11 Å². The second-order valence-corrected chi connectivity index (χ2v) is 4.81. The highest BCUT2D eigenvalue weighted by Gasteiger charge is 2.21. The van der Waals surface area contributed by atoms with E-state index in [4.69, 9.17) is 11.0 Å². The van der Waals surface area contributed by atoms with Gasteiger partial charge in [0.25, 0.3) is 0 Å². The van der Waals surface area contributed by atoms with Crippen LogP contribution in [0.4, 0.5) is 10.8 Å². The van der Waals surface area contributed by atoms with E-state index >= 15 is 0 Å². The molecule has 2 rings (SSSR count). The summed E-state index contributed by atoms with van der Waals surface area (Å²) < 4.78 is 3.95. The molecule has 16 heavy (non-hydrogen) atoms. The van der Waals surface area contributed by atoms with Crippen LogP contribution in [0.25, 0.3) is 0 Å². The number of rotatable bonds is 2. The van der Waals surface area contributed by atoms with Crippen LogP contribution >= 0.6 is 11.5 Å². The standard InChI is InChI=1S/C10H14N4OS/c11-5-8-9(12)14-16-10(8)13-6-1-3-7(15)4-2-6/h6-7,13,15H,1-4H2,(H2,12,14). The summed E-state index contributed by atoms with van der Waals surface area (Å²) in [7, 11) is 0. The fraction of sp³-hybridized carbons (Fsp3) is 0.600. The molecule has 1 aromatic rings. The van der Waals surface area contributed by atoms with E-state index in [2.05, 4.69) is 15.8 Å². The zero-order valence-electron chi connectivity index (χ0n) is 8.81. The Morgan fingerprint density at radius 3 is 2.75 bits per heavy atom. The van der Waals surface area contributed by atoms with E-state index in [9.17, 15) is 5.11 Å².